The van der Waals surface area contributed by atoms with Crippen molar-refractivity contribution < 1.29 is 18.9 Å². The Morgan fingerprint density at radius 2 is 1.20 bits per heavy atom. The van der Waals surface area contributed by atoms with E-state index in [2.05, 4.69) is 79.6 Å². The van der Waals surface area contributed by atoms with E-state index in [-0.39, 0.29) is 18.9 Å². The van der Waals surface area contributed by atoms with E-state index in [0.29, 0.717) is 0 Å². The summed E-state index contributed by atoms with van der Waals surface area (Å²) in [5.41, 5.74) is 10.4. The van der Waals surface area contributed by atoms with Gasteiger partial charge in [-0.2, -0.15) is 0 Å². The predicted octanol–water partition coefficient (Wildman–Crippen LogP) is 1.96. The Morgan fingerprint density at radius 1 is 0.800 bits per heavy atom. The second kappa shape index (κ2) is 7.53. The summed E-state index contributed by atoms with van der Waals surface area (Å²) in [4.78, 5) is 0. The molecular weight excluding hydrogens is 251 g/mol. The summed E-state index contributed by atoms with van der Waals surface area (Å²) < 4.78 is 0. The van der Waals surface area contributed by atoms with Crippen LogP contribution < -0.4 is 18.9 Å². The van der Waals surface area contributed by atoms with Crippen molar-refractivity contribution in [3.63, 3.8) is 0 Å². The number of benzene rings is 2. The Bertz CT molecular complexity index is 547. The van der Waals surface area contributed by atoms with Crippen LogP contribution >= 0.6 is 0 Å². The van der Waals surface area contributed by atoms with E-state index in [4.69, 9.17) is 0 Å². The minimum Gasteiger partial charge on any atom is -0.325 e. The summed E-state index contributed by atoms with van der Waals surface area (Å²) >= 11 is 0. The smallest absolute Gasteiger partial charge is 0.325 e. The van der Waals surface area contributed by atoms with Gasteiger partial charge in [-0.05, 0) is 8.07 Å². The molecule has 20 heavy (non-hydrogen) atoms. The van der Waals surface area contributed by atoms with Gasteiger partial charge in [0, 0.05) is 0 Å². The third-order valence-corrected chi connectivity index (χ3v) is 3.56. The number of rotatable bonds is 3. The van der Waals surface area contributed by atoms with Gasteiger partial charge in [-0.15, -0.1) is 5.57 Å². The van der Waals surface area contributed by atoms with Crippen LogP contribution in [0.2, 0.25) is 19.6 Å². The van der Waals surface area contributed by atoms with Gasteiger partial charge >= 0.3 is 18.9 Å². The quantitative estimate of drug-likeness (QED) is 0.454. The van der Waals surface area contributed by atoms with Crippen LogP contribution in [0.5, 0.6) is 0 Å². The van der Waals surface area contributed by atoms with Crippen molar-refractivity contribution in [2.24, 2.45) is 0 Å². The second-order valence-electron chi connectivity index (χ2n) is 5.61. The summed E-state index contributed by atoms with van der Waals surface area (Å²) in [7, 11) is -1.37. The average molecular weight is 270 g/mol. The molecule has 96 valence electrons. The van der Waals surface area contributed by atoms with Gasteiger partial charge in [-0.25, -0.2) is 5.70 Å². The minimum atomic E-state index is -1.37. The third-order valence-electron chi connectivity index (χ3n) is 2.69. The molecule has 0 saturated heterocycles. The molecule has 0 saturated carbocycles. The van der Waals surface area contributed by atoms with Crippen LogP contribution in [0.25, 0.3) is 5.57 Å². The molecule has 0 unspecified atom stereocenters. The summed E-state index contributed by atoms with van der Waals surface area (Å²) in [5, 5.41) is 0. The maximum Gasteiger partial charge on any atom is 1.00 e. The van der Waals surface area contributed by atoms with Crippen molar-refractivity contribution >= 4 is 13.6 Å². The van der Waals surface area contributed by atoms with Crippen molar-refractivity contribution in [1.29, 1.82) is 0 Å². The number of hydrogen-bond acceptors (Lipinski definition) is 0. The Kier molecular flexibility index (Phi) is 6.33. The second-order valence-corrected chi connectivity index (χ2v) is 10.4. The van der Waals surface area contributed by atoms with Crippen LogP contribution in [0.3, 0.4) is 0 Å². The standard InChI is InChI=1S/C18H19Si.Li/c1-19(2,3)15-14-18(16-10-6-4-7-11-16)17-12-8-5-9-13-17;/h4-13H,1-3H3;/q-1;+1. The van der Waals surface area contributed by atoms with E-state index in [9.17, 15) is 0 Å². The van der Waals surface area contributed by atoms with Gasteiger partial charge in [-0.3, -0.25) is 0 Å². The fourth-order valence-corrected chi connectivity index (χ4v) is 2.27. The summed E-state index contributed by atoms with van der Waals surface area (Å²) in [6, 6.07) is 20.8. The Morgan fingerprint density at radius 3 is 1.55 bits per heavy atom. The van der Waals surface area contributed by atoms with Crippen LogP contribution in [-0.4, -0.2) is 8.07 Å². The molecule has 0 bridgehead atoms. The molecule has 0 atom stereocenters. The SMILES string of the molecule is C[Si](C)(C)[C-]=C=C(c1ccccc1)c1ccccc1.[Li+]. The molecular formula is C18H19LiSi. The van der Waals surface area contributed by atoms with Crippen LogP contribution in [0, 0.1) is 5.70 Å². The Balaban J connectivity index is 0.00000200. The van der Waals surface area contributed by atoms with E-state index in [0.717, 1.165) is 5.57 Å². The molecule has 0 spiro atoms. The normalized spacial score (nSPS) is 10.2. The van der Waals surface area contributed by atoms with Gasteiger partial charge in [0.05, 0.1) is 0 Å². The van der Waals surface area contributed by atoms with Crippen LogP contribution in [0.4, 0.5) is 0 Å². The minimum absolute atomic E-state index is 0. The molecule has 2 aromatic rings. The molecule has 0 fully saturated rings. The fourth-order valence-electron chi connectivity index (χ4n) is 1.77. The largest absolute Gasteiger partial charge is 1.00 e. The first kappa shape index (κ1) is 16.8. The van der Waals surface area contributed by atoms with E-state index < -0.39 is 8.07 Å². The molecule has 0 heterocycles. The van der Waals surface area contributed by atoms with Gasteiger partial charge in [0.15, 0.2) is 0 Å². The molecule has 2 heteroatoms. The van der Waals surface area contributed by atoms with E-state index >= 15 is 0 Å². The zero-order valence-corrected chi connectivity index (χ0v) is 13.8. The van der Waals surface area contributed by atoms with Crippen LogP contribution in [0.15, 0.2) is 66.4 Å². The Labute approximate surface area is 135 Å². The molecule has 0 aliphatic rings. The zero-order valence-electron chi connectivity index (χ0n) is 12.8. The van der Waals surface area contributed by atoms with Gasteiger partial charge < -0.3 is 5.73 Å². The monoisotopic (exact) mass is 270 g/mol. The van der Waals surface area contributed by atoms with Crippen molar-refractivity contribution in [3.05, 3.63) is 83.2 Å². The summed E-state index contributed by atoms with van der Waals surface area (Å²) in [5.74, 6) is 0. The molecule has 0 radical (unpaired) electrons. The molecule has 0 aliphatic heterocycles. The molecule has 0 N–H and O–H groups in total. The summed E-state index contributed by atoms with van der Waals surface area (Å²) in [6.45, 7) is 6.81. The molecule has 0 nitrogen and oxygen atoms in total. The number of hydrogen-bond donors (Lipinski definition) is 0. The van der Waals surface area contributed by atoms with Crippen molar-refractivity contribution in [1.82, 2.24) is 0 Å². The first-order valence-corrected chi connectivity index (χ1v) is 10.1. The van der Waals surface area contributed by atoms with Gasteiger partial charge in [-0.1, -0.05) is 91.4 Å². The average Bonchev–Trinajstić information content (AvgIpc) is 2.40. The van der Waals surface area contributed by atoms with Gasteiger partial charge in [0.2, 0.25) is 0 Å². The van der Waals surface area contributed by atoms with Gasteiger partial charge in [0.1, 0.15) is 0 Å². The zero-order chi connectivity index (χ0) is 13.7. The molecule has 2 rings (SSSR count). The van der Waals surface area contributed by atoms with Gasteiger partial charge in [0.25, 0.3) is 0 Å². The Hall–Kier alpha value is -1.23. The molecule has 0 amide bonds. The maximum atomic E-state index is 3.47. The van der Waals surface area contributed by atoms with E-state index in [1.54, 1.807) is 0 Å². The van der Waals surface area contributed by atoms with Crippen molar-refractivity contribution in [2.75, 3.05) is 0 Å². The van der Waals surface area contributed by atoms with Crippen molar-refractivity contribution in [2.45, 2.75) is 19.6 Å². The maximum absolute atomic E-state index is 3.47. The summed E-state index contributed by atoms with van der Waals surface area (Å²) in [6.07, 6.45) is 0. The van der Waals surface area contributed by atoms with E-state index in [1.165, 1.54) is 11.1 Å². The fraction of sp³-hybridized carbons (Fsp3) is 0.167. The van der Waals surface area contributed by atoms with Crippen LogP contribution in [0.1, 0.15) is 11.1 Å². The first-order chi connectivity index (χ1) is 9.06. The van der Waals surface area contributed by atoms with Crippen molar-refractivity contribution in [3.8, 4) is 0 Å². The van der Waals surface area contributed by atoms with Crippen LogP contribution in [-0.2, 0) is 0 Å². The van der Waals surface area contributed by atoms with E-state index in [1.807, 2.05) is 12.1 Å². The third kappa shape index (κ3) is 5.04. The molecule has 0 aliphatic carbocycles. The molecule has 2 aromatic carbocycles. The molecule has 0 aromatic heterocycles. The topological polar surface area (TPSA) is 0 Å². The first-order valence-electron chi connectivity index (χ1n) is 6.57. The predicted molar refractivity (Wildman–Crippen MR) is 85.5 cm³/mol.